The van der Waals surface area contributed by atoms with E-state index in [0.29, 0.717) is 18.9 Å². The van der Waals surface area contributed by atoms with Crippen LogP contribution in [-0.4, -0.2) is 13.7 Å². The van der Waals surface area contributed by atoms with Crippen LogP contribution in [0.5, 0.6) is 11.5 Å². The van der Waals surface area contributed by atoms with Gasteiger partial charge in [-0.05, 0) is 24.1 Å². The Morgan fingerprint density at radius 2 is 2.05 bits per heavy atom. The van der Waals surface area contributed by atoms with Crippen LogP contribution >= 0.6 is 0 Å². The molecule has 0 saturated carbocycles. The van der Waals surface area contributed by atoms with E-state index in [1.165, 1.54) is 6.20 Å². The van der Waals surface area contributed by atoms with E-state index in [2.05, 4.69) is 12.2 Å². The lowest BCUT2D eigenvalue weighted by Gasteiger charge is -2.12. The van der Waals surface area contributed by atoms with Crippen LogP contribution in [-0.2, 0) is 6.54 Å². The average Bonchev–Trinajstić information content (AvgIpc) is 2.52. The first kappa shape index (κ1) is 16.4. The van der Waals surface area contributed by atoms with Crippen LogP contribution in [0.3, 0.4) is 0 Å². The first-order chi connectivity index (χ1) is 10.2. The van der Waals surface area contributed by atoms with E-state index >= 15 is 0 Å². The smallest absolute Gasteiger partial charge is 0.161 e. The maximum Gasteiger partial charge on any atom is 0.161 e. The molecule has 1 rings (SSSR count). The number of hydrogen-bond donors (Lipinski definition) is 1. The predicted octanol–water partition coefficient (Wildman–Crippen LogP) is 2.89. The fourth-order valence-corrected chi connectivity index (χ4v) is 1.63. The molecule has 0 bridgehead atoms. The van der Waals surface area contributed by atoms with Crippen molar-refractivity contribution in [2.75, 3.05) is 13.7 Å². The van der Waals surface area contributed by atoms with Gasteiger partial charge in [0.15, 0.2) is 11.5 Å². The molecule has 110 valence electrons. The first-order valence-electron chi connectivity index (χ1n) is 6.78. The van der Waals surface area contributed by atoms with Gasteiger partial charge in [-0.1, -0.05) is 19.4 Å². The number of nitrogens with zero attached hydrogens (tertiary/aromatic N) is 2. The average molecular weight is 285 g/mol. The van der Waals surface area contributed by atoms with Crippen LogP contribution in [0.4, 0.5) is 0 Å². The van der Waals surface area contributed by atoms with Gasteiger partial charge in [0.2, 0.25) is 0 Å². The van der Waals surface area contributed by atoms with Crippen molar-refractivity contribution in [2.45, 2.75) is 26.3 Å². The minimum atomic E-state index is 0.0430. The second-order valence-electron chi connectivity index (χ2n) is 4.35. The third kappa shape index (κ3) is 5.46. The molecule has 5 nitrogen and oxygen atoms in total. The van der Waals surface area contributed by atoms with Crippen LogP contribution in [0.2, 0.25) is 0 Å². The van der Waals surface area contributed by atoms with Gasteiger partial charge in [0.1, 0.15) is 17.7 Å². The Bertz CT molecular complexity index is 552. The van der Waals surface area contributed by atoms with Gasteiger partial charge in [-0.3, -0.25) is 0 Å². The topological polar surface area (TPSA) is 78.1 Å². The lowest BCUT2D eigenvalue weighted by molar-refractivity contribution is 0.288. The summed E-state index contributed by atoms with van der Waals surface area (Å²) in [4.78, 5) is 0. The number of hydrogen-bond acceptors (Lipinski definition) is 5. The summed E-state index contributed by atoms with van der Waals surface area (Å²) < 4.78 is 11.0. The van der Waals surface area contributed by atoms with E-state index in [1.807, 2.05) is 18.2 Å². The molecule has 0 saturated heterocycles. The van der Waals surface area contributed by atoms with Crippen LogP contribution in [0.15, 0.2) is 30.0 Å². The Labute approximate surface area is 125 Å². The van der Waals surface area contributed by atoms with E-state index in [-0.39, 0.29) is 5.57 Å². The zero-order valence-electron chi connectivity index (χ0n) is 12.3. The Balaban J connectivity index is 2.67. The second kappa shape index (κ2) is 9.28. The van der Waals surface area contributed by atoms with Gasteiger partial charge >= 0.3 is 0 Å². The van der Waals surface area contributed by atoms with Gasteiger partial charge in [-0.15, -0.1) is 0 Å². The van der Waals surface area contributed by atoms with E-state index in [0.717, 1.165) is 24.2 Å². The monoisotopic (exact) mass is 285 g/mol. The Hall–Kier alpha value is -2.66. The van der Waals surface area contributed by atoms with Gasteiger partial charge < -0.3 is 14.8 Å². The SMILES string of the molecule is CCCCOc1ccc(CNC=C(C#N)C#N)cc1OC. The van der Waals surface area contributed by atoms with E-state index in [1.54, 1.807) is 19.2 Å². The molecule has 0 amide bonds. The molecule has 0 aliphatic carbocycles. The van der Waals surface area contributed by atoms with Gasteiger partial charge in [0.05, 0.1) is 13.7 Å². The molecule has 0 spiro atoms. The molecule has 21 heavy (non-hydrogen) atoms. The molecule has 1 N–H and O–H groups in total. The fraction of sp³-hybridized carbons (Fsp3) is 0.375. The largest absolute Gasteiger partial charge is 0.493 e. The number of rotatable bonds is 8. The van der Waals surface area contributed by atoms with Crippen LogP contribution in [0.1, 0.15) is 25.3 Å². The molecule has 0 unspecified atom stereocenters. The summed E-state index contributed by atoms with van der Waals surface area (Å²) in [7, 11) is 1.60. The molecule has 1 aromatic rings. The van der Waals surface area contributed by atoms with Gasteiger partial charge in [0.25, 0.3) is 0 Å². The van der Waals surface area contributed by atoms with Crippen molar-refractivity contribution in [2.24, 2.45) is 0 Å². The van der Waals surface area contributed by atoms with Crippen molar-refractivity contribution >= 4 is 0 Å². The van der Waals surface area contributed by atoms with Gasteiger partial charge in [-0.25, -0.2) is 0 Å². The number of ether oxygens (including phenoxy) is 2. The second-order valence-corrected chi connectivity index (χ2v) is 4.35. The molecular formula is C16H19N3O2. The maximum absolute atomic E-state index is 8.63. The number of benzene rings is 1. The third-order valence-corrected chi connectivity index (χ3v) is 2.78. The number of methoxy groups -OCH3 is 1. The minimum Gasteiger partial charge on any atom is -0.493 e. The summed E-state index contributed by atoms with van der Waals surface area (Å²) in [5, 5.41) is 20.2. The summed E-state index contributed by atoms with van der Waals surface area (Å²) >= 11 is 0. The van der Waals surface area contributed by atoms with E-state index in [9.17, 15) is 0 Å². The van der Waals surface area contributed by atoms with Crippen molar-refractivity contribution in [3.8, 4) is 23.6 Å². The molecule has 0 aliphatic rings. The molecule has 0 heterocycles. The van der Waals surface area contributed by atoms with Crippen LogP contribution in [0.25, 0.3) is 0 Å². The molecule has 0 atom stereocenters. The molecule has 5 heteroatoms. The number of nitriles is 2. The normalized spacial score (nSPS) is 9.14. The first-order valence-corrected chi connectivity index (χ1v) is 6.78. The van der Waals surface area contributed by atoms with Crippen molar-refractivity contribution in [1.82, 2.24) is 5.32 Å². The fourth-order valence-electron chi connectivity index (χ4n) is 1.63. The summed E-state index contributed by atoms with van der Waals surface area (Å²) in [5.74, 6) is 1.40. The highest BCUT2D eigenvalue weighted by molar-refractivity contribution is 5.43. The summed E-state index contributed by atoms with van der Waals surface area (Å²) in [6.07, 6.45) is 3.48. The summed E-state index contributed by atoms with van der Waals surface area (Å²) in [6.45, 7) is 3.28. The Morgan fingerprint density at radius 3 is 2.67 bits per heavy atom. The van der Waals surface area contributed by atoms with Crippen LogP contribution < -0.4 is 14.8 Å². The summed E-state index contributed by atoms with van der Waals surface area (Å²) in [5.41, 5.74) is 1.02. The molecule has 0 aliphatic heterocycles. The molecule has 0 aromatic heterocycles. The minimum absolute atomic E-state index is 0.0430. The van der Waals surface area contributed by atoms with Crippen molar-refractivity contribution in [3.05, 3.63) is 35.5 Å². The van der Waals surface area contributed by atoms with Crippen molar-refractivity contribution in [3.63, 3.8) is 0 Å². The zero-order valence-corrected chi connectivity index (χ0v) is 12.3. The highest BCUT2D eigenvalue weighted by Gasteiger charge is 2.05. The van der Waals surface area contributed by atoms with Crippen LogP contribution in [0, 0.1) is 22.7 Å². The molecule has 1 aromatic carbocycles. The Morgan fingerprint density at radius 1 is 1.29 bits per heavy atom. The number of nitrogens with one attached hydrogen (secondary N) is 1. The number of unbranched alkanes of at least 4 members (excludes halogenated alkanes) is 1. The van der Waals surface area contributed by atoms with E-state index in [4.69, 9.17) is 20.0 Å². The Kier molecular flexibility index (Phi) is 7.24. The quantitative estimate of drug-likeness (QED) is 0.587. The molecular weight excluding hydrogens is 266 g/mol. The van der Waals surface area contributed by atoms with E-state index < -0.39 is 0 Å². The lowest BCUT2D eigenvalue weighted by Crippen LogP contribution is -2.06. The zero-order chi connectivity index (χ0) is 15.5. The van der Waals surface area contributed by atoms with Crippen molar-refractivity contribution in [1.29, 1.82) is 10.5 Å². The number of allylic oxidation sites excluding steroid dienone is 1. The van der Waals surface area contributed by atoms with Gasteiger partial charge in [0, 0.05) is 12.7 Å². The highest BCUT2D eigenvalue weighted by Crippen LogP contribution is 2.28. The van der Waals surface area contributed by atoms with Crippen molar-refractivity contribution < 1.29 is 9.47 Å². The predicted molar refractivity (Wildman–Crippen MR) is 79.5 cm³/mol. The molecule has 0 radical (unpaired) electrons. The molecule has 0 fully saturated rings. The maximum atomic E-state index is 8.63. The lowest BCUT2D eigenvalue weighted by atomic mass is 10.2. The summed E-state index contributed by atoms with van der Waals surface area (Å²) in [6, 6.07) is 9.24. The standard InChI is InChI=1S/C16H19N3O2/c1-3-4-7-21-15-6-5-13(8-16(15)20-2)11-19-12-14(9-17)10-18/h5-6,8,12,19H,3-4,7,11H2,1-2H3. The highest BCUT2D eigenvalue weighted by atomic mass is 16.5. The van der Waals surface area contributed by atoms with Gasteiger partial charge in [-0.2, -0.15) is 10.5 Å². The third-order valence-electron chi connectivity index (χ3n) is 2.78.